The lowest BCUT2D eigenvalue weighted by molar-refractivity contribution is 0.0872. The maximum absolute atomic E-state index is 12.1. The molecule has 19 heavy (non-hydrogen) atoms. The van der Waals surface area contributed by atoms with Crippen LogP contribution in [0.25, 0.3) is 0 Å². The first-order chi connectivity index (χ1) is 9.20. The summed E-state index contributed by atoms with van der Waals surface area (Å²) in [5, 5.41) is 9.49. The second kappa shape index (κ2) is 6.43. The molecule has 1 aliphatic rings. The second-order valence-electron chi connectivity index (χ2n) is 4.65. The highest BCUT2D eigenvalue weighted by molar-refractivity contribution is 5.96. The summed E-state index contributed by atoms with van der Waals surface area (Å²) < 4.78 is 5.29. The van der Waals surface area contributed by atoms with Gasteiger partial charge in [0.25, 0.3) is 5.91 Å². The predicted octanol–water partition coefficient (Wildman–Crippen LogP) is 1.68. The molecule has 1 heterocycles. The number of benzene rings is 1. The largest absolute Gasteiger partial charge is 0.382 e. The number of fused-ring (bicyclic) bond motifs is 1. The zero-order valence-electron chi connectivity index (χ0n) is 11.5. The van der Waals surface area contributed by atoms with Crippen LogP contribution in [0.2, 0.25) is 0 Å². The SMILES string of the molecule is CCOCC(C)NC(=O)c1ccc2c(c1)NCCN2. The summed E-state index contributed by atoms with van der Waals surface area (Å²) in [5.41, 5.74) is 2.69. The van der Waals surface area contributed by atoms with Gasteiger partial charge in [0.15, 0.2) is 0 Å². The number of hydrogen-bond donors (Lipinski definition) is 3. The Labute approximate surface area is 113 Å². The van der Waals surface area contributed by atoms with E-state index >= 15 is 0 Å². The second-order valence-corrected chi connectivity index (χ2v) is 4.65. The van der Waals surface area contributed by atoms with Crippen molar-refractivity contribution in [2.45, 2.75) is 19.9 Å². The molecule has 1 aliphatic heterocycles. The van der Waals surface area contributed by atoms with Crippen molar-refractivity contribution >= 4 is 17.3 Å². The third kappa shape index (κ3) is 3.61. The van der Waals surface area contributed by atoms with E-state index in [1.165, 1.54) is 0 Å². The fourth-order valence-corrected chi connectivity index (χ4v) is 2.02. The van der Waals surface area contributed by atoms with Crippen molar-refractivity contribution in [1.29, 1.82) is 0 Å². The average Bonchev–Trinajstić information content (AvgIpc) is 2.44. The van der Waals surface area contributed by atoms with Gasteiger partial charge in [0.1, 0.15) is 0 Å². The molecule has 3 N–H and O–H groups in total. The Morgan fingerprint density at radius 2 is 2.11 bits per heavy atom. The maximum Gasteiger partial charge on any atom is 0.251 e. The van der Waals surface area contributed by atoms with E-state index in [0.29, 0.717) is 18.8 Å². The summed E-state index contributed by atoms with van der Waals surface area (Å²) in [6.45, 7) is 6.85. The molecule has 2 rings (SSSR count). The molecule has 0 aliphatic carbocycles. The molecule has 5 heteroatoms. The van der Waals surface area contributed by atoms with Crippen LogP contribution in [0.1, 0.15) is 24.2 Å². The lowest BCUT2D eigenvalue weighted by atomic mass is 10.1. The monoisotopic (exact) mass is 263 g/mol. The molecular formula is C14H21N3O2. The summed E-state index contributed by atoms with van der Waals surface area (Å²) in [6.07, 6.45) is 0. The molecule has 1 aromatic carbocycles. The van der Waals surface area contributed by atoms with Gasteiger partial charge in [0.05, 0.1) is 18.0 Å². The van der Waals surface area contributed by atoms with E-state index in [-0.39, 0.29) is 11.9 Å². The first kappa shape index (κ1) is 13.7. The maximum atomic E-state index is 12.1. The molecule has 1 amide bonds. The van der Waals surface area contributed by atoms with Crippen LogP contribution in [0.4, 0.5) is 11.4 Å². The summed E-state index contributed by atoms with van der Waals surface area (Å²) in [7, 11) is 0. The molecule has 0 bridgehead atoms. The molecule has 0 radical (unpaired) electrons. The van der Waals surface area contributed by atoms with Crippen LogP contribution >= 0.6 is 0 Å². The van der Waals surface area contributed by atoms with E-state index < -0.39 is 0 Å². The van der Waals surface area contributed by atoms with Gasteiger partial charge in [0, 0.05) is 31.3 Å². The molecule has 1 unspecified atom stereocenters. The van der Waals surface area contributed by atoms with Gasteiger partial charge < -0.3 is 20.7 Å². The van der Waals surface area contributed by atoms with Crippen LogP contribution < -0.4 is 16.0 Å². The van der Waals surface area contributed by atoms with E-state index in [4.69, 9.17) is 4.74 Å². The molecule has 0 spiro atoms. The smallest absolute Gasteiger partial charge is 0.251 e. The normalized spacial score (nSPS) is 14.8. The Morgan fingerprint density at radius 3 is 2.84 bits per heavy atom. The number of carbonyl (C=O) groups is 1. The van der Waals surface area contributed by atoms with Crippen LogP contribution in [-0.4, -0.2) is 38.3 Å². The number of rotatable bonds is 5. The molecule has 1 aromatic rings. The molecule has 0 saturated carbocycles. The average molecular weight is 263 g/mol. The van der Waals surface area contributed by atoms with Crippen molar-refractivity contribution in [3.05, 3.63) is 23.8 Å². The van der Waals surface area contributed by atoms with Crippen molar-refractivity contribution in [2.75, 3.05) is 36.9 Å². The highest BCUT2D eigenvalue weighted by Crippen LogP contribution is 2.25. The first-order valence-corrected chi connectivity index (χ1v) is 6.71. The van der Waals surface area contributed by atoms with Crippen LogP contribution in [0.15, 0.2) is 18.2 Å². The van der Waals surface area contributed by atoms with Crippen molar-refractivity contribution in [3.63, 3.8) is 0 Å². The summed E-state index contributed by atoms with van der Waals surface area (Å²) in [5.74, 6) is -0.0672. The molecule has 0 aromatic heterocycles. The number of anilines is 2. The standard InChI is InChI=1S/C14H21N3O2/c1-3-19-9-10(2)17-14(18)11-4-5-12-13(8-11)16-7-6-15-12/h4-5,8,10,15-16H,3,6-7,9H2,1-2H3,(H,17,18). The van der Waals surface area contributed by atoms with Crippen LogP contribution in [0.5, 0.6) is 0 Å². The van der Waals surface area contributed by atoms with Crippen LogP contribution in [0.3, 0.4) is 0 Å². The van der Waals surface area contributed by atoms with Crippen LogP contribution in [-0.2, 0) is 4.74 Å². The van der Waals surface area contributed by atoms with E-state index in [1.807, 2.05) is 32.0 Å². The van der Waals surface area contributed by atoms with E-state index in [2.05, 4.69) is 16.0 Å². The molecular weight excluding hydrogens is 242 g/mol. The quantitative estimate of drug-likeness (QED) is 0.756. The Morgan fingerprint density at radius 1 is 1.37 bits per heavy atom. The number of carbonyl (C=O) groups excluding carboxylic acids is 1. The van der Waals surface area contributed by atoms with Gasteiger partial charge >= 0.3 is 0 Å². The van der Waals surface area contributed by atoms with Gasteiger partial charge in [-0.15, -0.1) is 0 Å². The highest BCUT2D eigenvalue weighted by Gasteiger charge is 2.13. The number of nitrogens with one attached hydrogen (secondary N) is 3. The number of ether oxygens (including phenoxy) is 1. The van der Waals surface area contributed by atoms with Gasteiger partial charge in [-0.2, -0.15) is 0 Å². The topological polar surface area (TPSA) is 62.4 Å². The molecule has 0 saturated heterocycles. The Bertz CT molecular complexity index is 448. The summed E-state index contributed by atoms with van der Waals surface area (Å²) >= 11 is 0. The van der Waals surface area contributed by atoms with Gasteiger partial charge in [-0.1, -0.05) is 0 Å². The summed E-state index contributed by atoms with van der Waals surface area (Å²) in [4.78, 5) is 12.1. The van der Waals surface area contributed by atoms with Gasteiger partial charge in [-0.05, 0) is 32.0 Å². The zero-order chi connectivity index (χ0) is 13.7. The minimum Gasteiger partial charge on any atom is -0.382 e. The minimum absolute atomic E-state index is 0.00886. The number of hydrogen-bond acceptors (Lipinski definition) is 4. The number of amides is 1. The van der Waals surface area contributed by atoms with Crippen molar-refractivity contribution < 1.29 is 9.53 Å². The summed E-state index contributed by atoms with van der Waals surface area (Å²) in [6, 6.07) is 5.66. The van der Waals surface area contributed by atoms with E-state index in [9.17, 15) is 4.79 Å². The third-order valence-electron chi connectivity index (χ3n) is 2.99. The zero-order valence-corrected chi connectivity index (χ0v) is 11.5. The predicted molar refractivity (Wildman–Crippen MR) is 76.8 cm³/mol. The van der Waals surface area contributed by atoms with E-state index in [1.54, 1.807) is 0 Å². The van der Waals surface area contributed by atoms with Crippen molar-refractivity contribution in [2.24, 2.45) is 0 Å². The fourth-order valence-electron chi connectivity index (χ4n) is 2.02. The minimum atomic E-state index is -0.0672. The third-order valence-corrected chi connectivity index (χ3v) is 2.99. The molecule has 0 fully saturated rings. The first-order valence-electron chi connectivity index (χ1n) is 6.71. The molecule has 1 atom stereocenters. The van der Waals surface area contributed by atoms with Crippen molar-refractivity contribution in [1.82, 2.24) is 5.32 Å². The highest BCUT2D eigenvalue weighted by atomic mass is 16.5. The van der Waals surface area contributed by atoms with E-state index in [0.717, 1.165) is 24.5 Å². The Balaban J connectivity index is 1.99. The van der Waals surface area contributed by atoms with Gasteiger partial charge in [-0.3, -0.25) is 4.79 Å². The lowest BCUT2D eigenvalue weighted by Crippen LogP contribution is -2.36. The molecule has 5 nitrogen and oxygen atoms in total. The Hall–Kier alpha value is -1.75. The molecule has 104 valence electrons. The van der Waals surface area contributed by atoms with Crippen molar-refractivity contribution in [3.8, 4) is 0 Å². The van der Waals surface area contributed by atoms with Gasteiger partial charge in [-0.25, -0.2) is 0 Å². The fraction of sp³-hybridized carbons (Fsp3) is 0.500. The lowest BCUT2D eigenvalue weighted by Gasteiger charge is -2.21. The Kier molecular flexibility index (Phi) is 4.63. The van der Waals surface area contributed by atoms with Crippen LogP contribution in [0, 0.1) is 0 Å². The van der Waals surface area contributed by atoms with Gasteiger partial charge in [0.2, 0.25) is 0 Å².